The van der Waals surface area contributed by atoms with E-state index in [2.05, 4.69) is 42.9 Å². The SMILES string of the molecule is Cc1ccc2c(c1)c(C(N)C1CC1)cn2C. The maximum atomic E-state index is 6.32. The minimum Gasteiger partial charge on any atom is -0.350 e. The lowest BCUT2D eigenvalue weighted by molar-refractivity contribution is 0.635. The Morgan fingerprint density at radius 2 is 2.12 bits per heavy atom. The summed E-state index contributed by atoms with van der Waals surface area (Å²) in [6.45, 7) is 2.14. The van der Waals surface area contributed by atoms with Gasteiger partial charge in [-0.1, -0.05) is 11.6 Å². The van der Waals surface area contributed by atoms with E-state index in [0.717, 1.165) is 0 Å². The first-order valence-corrected chi connectivity index (χ1v) is 5.98. The third-order valence-corrected chi connectivity index (χ3v) is 3.66. The molecule has 16 heavy (non-hydrogen) atoms. The van der Waals surface area contributed by atoms with Gasteiger partial charge in [0.15, 0.2) is 0 Å². The number of nitrogens with two attached hydrogens (primary N) is 1. The van der Waals surface area contributed by atoms with Crippen molar-refractivity contribution in [2.24, 2.45) is 18.7 Å². The van der Waals surface area contributed by atoms with Crippen LogP contribution in [-0.4, -0.2) is 4.57 Å². The van der Waals surface area contributed by atoms with Gasteiger partial charge < -0.3 is 10.3 Å². The molecule has 1 heterocycles. The van der Waals surface area contributed by atoms with E-state index in [1.54, 1.807) is 0 Å². The largest absolute Gasteiger partial charge is 0.350 e. The number of benzene rings is 1. The second kappa shape index (κ2) is 3.36. The van der Waals surface area contributed by atoms with Crippen LogP contribution in [0.5, 0.6) is 0 Å². The minimum absolute atomic E-state index is 0.227. The fraction of sp³-hybridized carbons (Fsp3) is 0.429. The van der Waals surface area contributed by atoms with Crippen molar-refractivity contribution in [3.8, 4) is 0 Å². The van der Waals surface area contributed by atoms with E-state index in [-0.39, 0.29) is 6.04 Å². The number of aromatic nitrogens is 1. The molecule has 84 valence electrons. The molecule has 2 N–H and O–H groups in total. The lowest BCUT2D eigenvalue weighted by Gasteiger charge is -2.08. The van der Waals surface area contributed by atoms with Crippen molar-refractivity contribution in [2.45, 2.75) is 25.8 Å². The second-order valence-electron chi connectivity index (χ2n) is 5.08. The molecular weight excluding hydrogens is 196 g/mol. The standard InChI is InChI=1S/C14H18N2/c1-9-3-6-13-11(7-9)12(8-16(13)2)14(15)10-4-5-10/h3,6-8,10,14H,4-5,15H2,1-2H3. The number of hydrogen-bond donors (Lipinski definition) is 1. The van der Waals surface area contributed by atoms with Crippen molar-refractivity contribution in [1.29, 1.82) is 0 Å². The monoisotopic (exact) mass is 214 g/mol. The van der Waals surface area contributed by atoms with Gasteiger partial charge in [0.05, 0.1) is 0 Å². The Morgan fingerprint density at radius 3 is 2.81 bits per heavy atom. The van der Waals surface area contributed by atoms with Crippen molar-refractivity contribution >= 4 is 10.9 Å². The lowest BCUT2D eigenvalue weighted by Crippen LogP contribution is -2.11. The highest BCUT2D eigenvalue weighted by Gasteiger charge is 2.31. The molecule has 0 radical (unpaired) electrons. The summed E-state index contributed by atoms with van der Waals surface area (Å²) < 4.78 is 2.19. The molecule has 3 rings (SSSR count). The van der Waals surface area contributed by atoms with Crippen LogP contribution in [0.15, 0.2) is 24.4 Å². The Kier molecular flexibility index (Phi) is 2.08. The summed E-state index contributed by atoms with van der Waals surface area (Å²) in [4.78, 5) is 0. The summed E-state index contributed by atoms with van der Waals surface area (Å²) in [5, 5.41) is 1.34. The highest BCUT2D eigenvalue weighted by molar-refractivity contribution is 5.85. The number of fused-ring (bicyclic) bond motifs is 1. The van der Waals surface area contributed by atoms with Gasteiger partial charge in [0, 0.05) is 30.2 Å². The van der Waals surface area contributed by atoms with Gasteiger partial charge in [-0.3, -0.25) is 0 Å². The van der Waals surface area contributed by atoms with Crippen LogP contribution < -0.4 is 5.73 Å². The van der Waals surface area contributed by atoms with Crippen LogP contribution in [0.4, 0.5) is 0 Å². The average molecular weight is 214 g/mol. The third-order valence-electron chi connectivity index (χ3n) is 3.66. The second-order valence-corrected chi connectivity index (χ2v) is 5.08. The van der Waals surface area contributed by atoms with Crippen LogP contribution in [0, 0.1) is 12.8 Å². The maximum Gasteiger partial charge on any atom is 0.0481 e. The van der Waals surface area contributed by atoms with Crippen LogP contribution in [0.1, 0.15) is 30.0 Å². The molecule has 1 aliphatic carbocycles. The minimum atomic E-state index is 0.227. The summed E-state index contributed by atoms with van der Waals surface area (Å²) in [6, 6.07) is 6.83. The smallest absolute Gasteiger partial charge is 0.0481 e. The average Bonchev–Trinajstić information content (AvgIpc) is 3.04. The zero-order chi connectivity index (χ0) is 11.3. The van der Waals surface area contributed by atoms with E-state index < -0.39 is 0 Å². The molecular formula is C14H18N2. The van der Waals surface area contributed by atoms with Crippen molar-refractivity contribution in [3.05, 3.63) is 35.5 Å². The zero-order valence-corrected chi connectivity index (χ0v) is 9.90. The maximum absolute atomic E-state index is 6.32. The molecule has 2 heteroatoms. The molecule has 1 unspecified atom stereocenters. The van der Waals surface area contributed by atoms with Gasteiger partial charge in [-0.2, -0.15) is 0 Å². The molecule has 0 aliphatic heterocycles. The molecule has 1 atom stereocenters. The molecule has 2 aromatic rings. The molecule has 1 saturated carbocycles. The van der Waals surface area contributed by atoms with Gasteiger partial charge in [-0.25, -0.2) is 0 Å². The molecule has 0 spiro atoms. The first-order chi connectivity index (χ1) is 7.66. The lowest BCUT2D eigenvalue weighted by atomic mass is 10.0. The van der Waals surface area contributed by atoms with Crippen molar-refractivity contribution < 1.29 is 0 Å². The Morgan fingerprint density at radius 1 is 1.38 bits per heavy atom. The van der Waals surface area contributed by atoms with Crippen molar-refractivity contribution in [1.82, 2.24) is 4.57 Å². The fourth-order valence-electron chi connectivity index (χ4n) is 2.51. The van der Waals surface area contributed by atoms with E-state index in [0.29, 0.717) is 5.92 Å². The quantitative estimate of drug-likeness (QED) is 0.818. The predicted octanol–water partition coefficient (Wildman–Crippen LogP) is 2.90. The van der Waals surface area contributed by atoms with Gasteiger partial charge >= 0.3 is 0 Å². The third kappa shape index (κ3) is 1.45. The molecule has 0 bridgehead atoms. The molecule has 1 aromatic heterocycles. The van der Waals surface area contributed by atoms with E-state index in [4.69, 9.17) is 5.73 Å². The van der Waals surface area contributed by atoms with Crippen LogP contribution in [0.2, 0.25) is 0 Å². The van der Waals surface area contributed by atoms with Gasteiger partial charge in [0.2, 0.25) is 0 Å². The summed E-state index contributed by atoms with van der Waals surface area (Å²) >= 11 is 0. The first-order valence-electron chi connectivity index (χ1n) is 5.98. The summed E-state index contributed by atoms with van der Waals surface area (Å²) in [6.07, 6.45) is 4.79. The molecule has 1 aromatic carbocycles. The van der Waals surface area contributed by atoms with E-state index >= 15 is 0 Å². The molecule has 1 fully saturated rings. The van der Waals surface area contributed by atoms with Crippen LogP contribution in [0.25, 0.3) is 10.9 Å². The molecule has 1 aliphatic rings. The van der Waals surface area contributed by atoms with Crippen LogP contribution in [0.3, 0.4) is 0 Å². The topological polar surface area (TPSA) is 30.9 Å². The van der Waals surface area contributed by atoms with Gasteiger partial charge in [0.25, 0.3) is 0 Å². The van der Waals surface area contributed by atoms with E-state index in [9.17, 15) is 0 Å². The Hall–Kier alpha value is -1.28. The summed E-state index contributed by atoms with van der Waals surface area (Å²) in [5.41, 5.74) is 10.2. The summed E-state index contributed by atoms with van der Waals surface area (Å²) in [5.74, 6) is 0.714. The predicted molar refractivity (Wildman–Crippen MR) is 67.3 cm³/mol. The van der Waals surface area contributed by atoms with Gasteiger partial charge in [-0.05, 0) is 43.4 Å². The van der Waals surface area contributed by atoms with Gasteiger partial charge in [-0.15, -0.1) is 0 Å². The summed E-state index contributed by atoms with van der Waals surface area (Å²) in [7, 11) is 2.10. The normalized spacial score (nSPS) is 17.9. The number of rotatable bonds is 2. The Bertz CT molecular complexity index is 535. The van der Waals surface area contributed by atoms with Gasteiger partial charge in [0.1, 0.15) is 0 Å². The number of nitrogens with zero attached hydrogens (tertiary/aromatic N) is 1. The zero-order valence-electron chi connectivity index (χ0n) is 9.90. The fourth-order valence-corrected chi connectivity index (χ4v) is 2.51. The highest BCUT2D eigenvalue weighted by atomic mass is 14.9. The van der Waals surface area contributed by atoms with E-state index in [1.807, 2.05) is 0 Å². The Balaban J connectivity index is 2.19. The molecule has 0 amide bonds. The molecule has 0 saturated heterocycles. The van der Waals surface area contributed by atoms with Crippen LogP contribution >= 0.6 is 0 Å². The first kappa shape index (κ1) is 9.91. The van der Waals surface area contributed by atoms with Crippen LogP contribution in [-0.2, 0) is 7.05 Å². The van der Waals surface area contributed by atoms with E-state index in [1.165, 1.54) is 34.9 Å². The molecule has 2 nitrogen and oxygen atoms in total. The Labute approximate surface area is 96.1 Å². The number of aryl methyl sites for hydroxylation is 2. The highest BCUT2D eigenvalue weighted by Crippen LogP contribution is 2.41. The number of hydrogen-bond acceptors (Lipinski definition) is 1. The van der Waals surface area contributed by atoms with Crippen molar-refractivity contribution in [2.75, 3.05) is 0 Å². The van der Waals surface area contributed by atoms with Crippen molar-refractivity contribution in [3.63, 3.8) is 0 Å².